The van der Waals surface area contributed by atoms with Crippen LogP contribution in [0.15, 0.2) is 47.4 Å². The number of carbonyl (C=O) groups is 1. The number of aryl methyl sites for hydroxylation is 1. The third-order valence-electron chi connectivity index (χ3n) is 4.09. The first kappa shape index (κ1) is 19.8. The van der Waals surface area contributed by atoms with Crippen LogP contribution in [0.25, 0.3) is 0 Å². The molecule has 0 heterocycles. The molecule has 0 saturated carbocycles. The first-order valence-electron chi connectivity index (χ1n) is 8.35. The summed E-state index contributed by atoms with van der Waals surface area (Å²) in [5.41, 5.74) is 1.59. The third kappa shape index (κ3) is 4.76. The third-order valence-corrected chi connectivity index (χ3v) is 5.47. The molecular weight excluding hydrogens is 352 g/mol. The Kier molecular flexibility index (Phi) is 6.26. The summed E-state index contributed by atoms with van der Waals surface area (Å²) in [5, 5.41) is 2.89. The van der Waals surface area contributed by atoms with Gasteiger partial charge in [0.15, 0.2) is 0 Å². The van der Waals surface area contributed by atoms with Gasteiger partial charge in [-0.25, -0.2) is 8.42 Å². The van der Waals surface area contributed by atoms with Crippen molar-refractivity contribution < 1.29 is 17.9 Å². The van der Waals surface area contributed by atoms with Crippen molar-refractivity contribution in [2.24, 2.45) is 0 Å². The van der Waals surface area contributed by atoms with Gasteiger partial charge in [-0.1, -0.05) is 6.92 Å². The summed E-state index contributed by atoms with van der Waals surface area (Å²) in [7, 11) is -2.21. The van der Waals surface area contributed by atoms with Gasteiger partial charge in [-0.2, -0.15) is 0 Å². The van der Waals surface area contributed by atoms with Gasteiger partial charge in [0.05, 0.1) is 17.7 Å². The number of hydrogen-bond donors (Lipinski definition) is 2. The number of nitrogens with one attached hydrogen (secondary N) is 2. The number of hydrogen-bond acceptors (Lipinski definition) is 4. The number of benzene rings is 2. The Morgan fingerprint density at radius 3 is 2.35 bits per heavy atom. The Labute approximate surface area is 154 Å². The summed E-state index contributed by atoms with van der Waals surface area (Å²) < 4.78 is 32.6. The average Bonchev–Trinajstić information content (AvgIpc) is 2.63. The Bertz CT molecular complexity index is 877. The van der Waals surface area contributed by atoms with Crippen molar-refractivity contribution in [2.45, 2.75) is 38.1 Å². The van der Waals surface area contributed by atoms with Gasteiger partial charge < -0.3 is 10.1 Å². The van der Waals surface area contributed by atoms with Crippen molar-refractivity contribution in [1.29, 1.82) is 0 Å². The Balaban J connectivity index is 2.19. The van der Waals surface area contributed by atoms with E-state index >= 15 is 0 Å². The van der Waals surface area contributed by atoms with Crippen LogP contribution in [-0.4, -0.2) is 27.5 Å². The van der Waals surface area contributed by atoms with E-state index in [0.29, 0.717) is 22.6 Å². The highest BCUT2D eigenvalue weighted by Gasteiger charge is 2.16. The zero-order valence-electron chi connectivity index (χ0n) is 15.4. The SMILES string of the molecule is CCC(C)NC(=O)c1ccc(NS(=O)(=O)c2ccc(OC)cc2)c(C)c1. The zero-order valence-corrected chi connectivity index (χ0v) is 16.2. The van der Waals surface area contributed by atoms with Crippen molar-refractivity contribution in [3.63, 3.8) is 0 Å². The van der Waals surface area contributed by atoms with Crippen LogP contribution >= 0.6 is 0 Å². The normalized spacial score (nSPS) is 12.3. The molecule has 6 nitrogen and oxygen atoms in total. The number of sulfonamides is 1. The van der Waals surface area contributed by atoms with Crippen LogP contribution in [0, 0.1) is 6.92 Å². The topological polar surface area (TPSA) is 84.5 Å². The molecule has 0 fully saturated rings. The second kappa shape index (κ2) is 8.23. The highest BCUT2D eigenvalue weighted by Crippen LogP contribution is 2.22. The molecule has 7 heteroatoms. The molecular formula is C19H24N2O4S. The Hall–Kier alpha value is -2.54. The summed E-state index contributed by atoms with van der Waals surface area (Å²) in [6.07, 6.45) is 0.838. The molecule has 2 aromatic rings. The molecule has 2 aromatic carbocycles. The van der Waals surface area contributed by atoms with Crippen molar-refractivity contribution in [3.05, 3.63) is 53.6 Å². The fraction of sp³-hybridized carbons (Fsp3) is 0.316. The van der Waals surface area contributed by atoms with Gasteiger partial charge in [0, 0.05) is 11.6 Å². The van der Waals surface area contributed by atoms with Gasteiger partial charge in [0.25, 0.3) is 15.9 Å². The Morgan fingerprint density at radius 2 is 1.81 bits per heavy atom. The standard InChI is InChI=1S/C19H24N2O4S/c1-5-14(3)20-19(22)15-6-11-18(13(2)12-15)21-26(23,24)17-9-7-16(25-4)8-10-17/h6-12,14,21H,5H2,1-4H3,(H,20,22). The van der Waals surface area contributed by atoms with E-state index in [1.807, 2.05) is 13.8 Å². The molecule has 0 radical (unpaired) electrons. The van der Waals surface area contributed by atoms with E-state index in [9.17, 15) is 13.2 Å². The van der Waals surface area contributed by atoms with Gasteiger partial charge in [-0.3, -0.25) is 9.52 Å². The van der Waals surface area contributed by atoms with E-state index in [0.717, 1.165) is 6.42 Å². The number of rotatable bonds is 7. The fourth-order valence-electron chi connectivity index (χ4n) is 2.29. The zero-order chi connectivity index (χ0) is 19.3. The predicted molar refractivity (Wildman–Crippen MR) is 102 cm³/mol. The van der Waals surface area contributed by atoms with Crippen LogP contribution in [0.5, 0.6) is 5.75 Å². The van der Waals surface area contributed by atoms with Crippen molar-refractivity contribution in [1.82, 2.24) is 5.32 Å². The minimum Gasteiger partial charge on any atom is -0.497 e. The summed E-state index contributed by atoms with van der Waals surface area (Å²) in [6.45, 7) is 5.68. The summed E-state index contributed by atoms with van der Waals surface area (Å²) in [6, 6.07) is 11.1. The monoisotopic (exact) mass is 376 g/mol. The van der Waals surface area contributed by atoms with Gasteiger partial charge >= 0.3 is 0 Å². The molecule has 1 amide bonds. The van der Waals surface area contributed by atoms with Gasteiger partial charge in [0.2, 0.25) is 0 Å². The summed E-state index contributed by atoms with van der Waals surface area (Å²) >= 11 is 0. The molecule has 0 bridgehead atoms. The number of methoxy groups -OCH3 is 1. The molecule has 0 saturated heterocycles. The number of carbonyl (C=O) groups excluding carboxylic acids is 1. The number of anilines is 1. The molecule has 1 unspecified atom stereocenters. The number of ether oxygens (including phenoxy) is 1. The number of amides is 1. The van der Waals surface area contributed by atoms with Gasteiger partial charge in [0.1, 0.15) is 5.75 Å². The lowest BCUT2D eigenvalue weighted by atomic mass is 10.1. The van der Waals surface area contributed by atoms with Crippen molar-refractivity contribution in [2.75, 3.05) is 11.8 Å². The second-order valence-electron chi connectivity index (χ2n) is 6.09. The van der Waals surface area contributed by atoms with Crippen molar-refractivity contribution >= 4 is 21.6 Å². The molecule has 0 spiro atoms. The molecule has 0 aliphatic heterocycles. The first-order chi connectivity index (χ1) is 12.3. The quantitative estimate of drug-likeness (QED) is 0.776. The summed E-state index contributed by atoms with van der Waals surface area (Å²) in [4.78, 5) is 12.3. The molecule has 0 aliphatic rings. The van der Waals surface area contributed by atoms with E-state index in [1.54, 1.807) is 37.3 Å². The van der Waals surface area contributed by atoms with Crippen LogP contribution in [-0.2, 0) is 10.0 Å². The molecule has 140 valence electrons. The fourth-order valence-corrected chi connectivity index (χ4v) is 3.42. The molecule has 0 aromatic heterocycles. The largest absolute Gasteiger partial charge is 0.497 e. The lowest BCUT2D eigenvalue weighted by molar-refractivity contribution is 0.0939. The van der Waals surface area contributed by atoms with Crippen LogP contribution in [0.4, 0.5) is 5.69 Å². The van der Waals surface area contributed by atoms with Crippen LogP contribution in [0.1, 0.15) is 36.2 Å². The predicted octanol–water partition coefficient (Wildman–Crippen LogP) is 3.33. The Morgan fingerprint density at radius 1 is 1.15 bits per heavy atom. The molecule has 2 N–H and O–H groups in total. The van der Waals surface area contributed by atoms with E-state index in [2.05, 4.69) is 10.0 Å². The maximum atomic E-state index is 12.5. The van der Waals surface area contributed by atoms with Crippen LogP contribution < -0.4 is 14.8 Å². The summed E-state index contributed by atoms with van der Waals surface area (Å²) in [5.74, 6) is 0.406. The minimum absolute atomic E-state index is 0.0797. The highest BCUT2D eigenvalue weighted by atomic mass is 32.2. The van der Waals surface area contributed by atoms with E-state index in [4.69, 9.17) is 4.74 Å². The maximum absolute atomic E-state index is 12.5. The molecule has 0 aliphatic carbocycles. The smallest absolute Gasteiger partial charge is 0.261 e. The second-order valence-corrected chi connectivity index (χ2v) is 7.78. The lowest BCUT2D eigenvalue weighted by Crippen LogP contribution is -2.31. The van der Waals surface area contributed by atoms with E-state index < -0.39 is 10.0 Å². The highest BCUT2D eigenvalue weighted by molar-refractivity contribution is 7.92. The van der Waals surface area contributed by atoms with Gasteiger partial charge in [-0.15, -0.1) is 0 Å². The van der Waals surface area contributed by atoms with Crippen LogP contribution in [0.3, 0.4) is 0 Å². The molecule has 1 atom stereocenters. The first-order valence-corrected chi connectivity index (χ1v) is 9.83. The molecule has 2 rings (SSSR count). The van der Waals surface area contributed by atoms with Gasteiger partial charge in [-0.05, 0) is 68.3 Å². The van der Waals surface area contributed by atoms with E-state index in [-0.39, 0.29) is 16.8 Å². The van der Waals surface area contributed by atoms with Crippen LogP contribution in [0.2, 0.25) is 0 Å². The van der Waals surface area contributed by atoms with Crippen molar-refractivity contribution in [3.8, 4) is 5.75 Å². The van der Waals surface area contributed by atoms with E-state index in [1.165, 1.54) is 19.2 Å². The maximum Gasteiger partial charge on any atom is 0.261 e. The molecule has 26 heavy (non-hydrogen) atoms. The minimum atomic E-state index is -3.72. The average molecular weight is 376 g/mol. The lowest BCUT2D eigenvalue weighted by Gasteiger charge is -2.14.